The molecule has 0 aliphatic rings. The molecule has 0 unspecified atom stereocenters. The second kappa shape index (κ2) is 5.33. The van der Waals surface area contributed by atoms with Crippen LogP contribution in [-0.2, 0) is 0 Å². The van der Waals surface area contributed by atoms with E-state index in [9.17, 15) is 24.8 Å². The van der Waals surface area contributed by atoms with Gasteiger partial charge in [0.25, 0.3) is 5.91 Å². The molecule has 0 fully saturated rings. The highest BCUT2D eigenvalue weighted by molar-refractivity contribution is 6.04. The minimum Gasteiger partial charge on any atom is -0.507 e. The summed E-state index contributed by atoms with van der Waals surface area (Å²) >= 11 is 0. The van der Waals surface area contributed by atoms with Crippen LogP contribution in [0.2, 0.25) is 0 Å². The van der Waals surface area contributed by atoms with Crippen molar-refractivity contribution in [1.29, 1.82) is 0 Å². The van der Waals surface area contributed by atoms with Crippen LogP contribution in [0.15, 0.2) is 30.3 Å². The number of anilines is 1. The molecular weight excluding hydrogens is 282 g/mol. The van der Waals surface area contributed by atoms with Gasteiger partial charge < -0.3 is 25.6 Å². The Balaban J connectivity index is 2.21. The first kappa shape index (κ1) is 14.1. The van der Waals surface area contributed by atoms with Gasteiger partial charge in [-0.25, -0.2) is 9.78 Å². The Morgan fingerprint density at radius 1 is 1.24 bits per heavy atom. The molecular formula is C12H9N3O6. The lowest BCUT2D eigenvalue weighted by Crippen LogP contribution is -2.13. The third kappa shape index (κ3) is 2.97. The highest BCUT2D eigenvalue weighted by Crippen LogP contribution is 2.22. The van der Waals surface area contributed by atoms with Crippen molar-refractivity contribution in [2.75, 3.05) is 5.32 Å². The summed E-state index contributed by atoms with van der Waals surface area (Å²) in [6.45, 7) is 0. The second-order valence-electron chi connectivity index (χ2n) is 4.01. The summed E-state index contributed by atoms with van der Waals surface area (Å²) in [5.74, 6) is -2.79. The number of aromatic amines is 1. The number of hydrogen-bond donors (Lipinski definition) is 4. The van der Waals surface area contributed by atoms with Gasteiger partial charge in [0.05, 0.1) is 0 Å². The summed E-state index contributed by atoms with van der Waals surface area (Å²) in [6.07, 6.45) is 0. The fraction of sp³-hybridized carbons (Fsp3) is 0. The Morgan fingerprint density at radius 2 is 1.95 bits per heavy atom. The SMILES string of the molecule is O=C(Nc1ccc(O)c(C(=O)O)c1)c1ccc([N+](=O)[O-])[nH]1. The molecule has 2 rings (SSSR count). The number of nitrogens with one attached hydrogen (secondary N) is 2. The molecule has 9 heteroatoms. The lowest BCUT2D eigenvalue weighted by Gasteiger charge is -2.05. The van der Waals surface area contributed by atoms with E-state index in [1.54, 1.807) is 0 Å². The number of carboxylic acid groups (broad SMARTS) is 1. The van der Waals surface area contributed by atoms with Crippen molar-refractivity contribution in [1.82, 2.24) is 4.98 Å². The molecule has 4 N–H and O–H groups in total. The molecule has 0 aliphatic carbocycles. The lowest BCUT2D eigenvalue weighted by molar-refractivity contribution is -0.389. The number of aromatic nitrogens is 1. The average Bonchev–Trinajstić information content (AvgIpc) is 2.90. The predicted molar refractivity (Wildman–Crippen MR) is 70.5 cm³/mol. The Labute approximate surface area is 117 Å². The number of carbonyl (C=O) groups excluding carboxylic acids is 1. The van der Waals surface area contributed by atoms with Gasteiger partial charge in [0.15, 0.2) is 5.69 Å². The Bertz CT molecular complexity index is 736. The number of carboxylic acids is 1. The van der Waals surface area contributed by atoms with Crippen LogP contribution in [0.1, 0.15) is 20.8 Å². The van der Waals surface area contributed by atoms with Crippen LogP contribution in [0.5, 0.6) is 5.75 Å². The predicted octanol–water partition coefficient (Wildman–Crippen LogP) is 1.58. The Hall–Kier alpha value is -3.36. The van der Waals surface area contributed by atoms with Crippen molar-refractivity contribution < 1.29 is 24.7 Å². The van der Waals surface area contributed by atoms with E-state index in [0.29, 0.717) is 0 Å². The molecule has 21 heavy (non-hydrogen) atoms. The van der Waals surface area contributed by atoms with E-state index in [0.717, 1.165) is 18.2 Å². The van der Waals surface area contributed by atoms with Crippen molar-refractivity contribution in [2.45, 2.75) is 0 Å². The van der Waals surface area contributed by atoms with Crippen molar-refractivity contribution >= 4 is 23.4 Å². The fourth-order valence-electron chi connectivity index (χ4n) is 1.61. The zero-order valence-corrected chi connectivity index (χ0v) is 10.4. The number of benzene rings is 1. The first-order valence-electron chi connectivity index (χ1n) is 5.59. The van der Waals surface area contributed by atoms with Gasteiger partial charge in [-0.3, -0.25) is 4.79 Å². The maximum absolute atomic E-state index is 11.8. The summed E-state index contributed by atoms with van der Waals surface area (Å²) in [5.41, 5.74) is -0.288. The van der Waals surface area contributed by atoms with Crippen LogP contribution < -0.4 is 5.32 Å². The van der Waals surface area contributed by atoms with Crippen LogP contribution in [0, 0.1) is 10.1 Å². The summed E-state index contributed by atoms with van der Waals surface area (Å²) in [4.78, 5) is 34.8. The number of carbonyl (C=O) groups is 2. The zero-order valence-electron chi connectivity index (χ0n) is 10.4. The van der Waals surface area contributed by atoms with Crippen LogP contribution in [0.4, 0.5) is 11.5 Å². The molecule has 0 atom stereocenters. The van der Waals surface area contributed by atoms with E-state index < -0.39 is 22.5 Å². The number of H-pyrrole nitrogens is 1. The standard InChI is InChI=1S/C12H9N3O6/c16-9-3-1-6(5-7(9)12(18)19)13-11(17)8-2-4-10(14-8)15(20)21/h1-5,14,16H,(H,13,17)(H,18,19). The van der Waals surface area contributed by atoms with Gasteiger partial charge in [0.1, 0.15) is 11.3 Å². The van der Waals surface area contributed by atoms with E-state index in [1.807, 2.05) is 0 Å². The van der Waals surface area contributed by atoms with Crippen molar-refractivity contribution in [3.05, 3.63) is 51.7 Å². The van der Waals surface area contributed by atoms with Gasteiger partial charge in [-0.1, -0.05) is 0 Å². The van der Waals surface area contributed by atoms with E-state index in [2.05, 4.69) is 10.3 Å². The van der Waals surface area contributed by atoms with Crippen molar-refractivity contribution in [3.63, 3.8) is 0 Å². The van der Waals surface area contributed by atoms with Crippen molar-refractivity contribution in [2.24, 2.45) is 0 Å². The number of aromatic hydroxyl groups is 1. The molecule has 1 heterocycles. The fourth-order valence-corrected chi connectivity index (χ4v) is 1.61. The van der Waals surface area contributed by atoms with Gasteiger partial charge >= 0.3 is 11.8 Å². The van der Waals surface area contributed by atoms with Gasteiger partial charge in [0.2, 0.25) is 0 Å². The van der Waals surface area contributed by atoms with E-state index in [1.165, 1.54) is 12.1 Å². The first-order chi connectivity index (χ1) is 9.88. The Morgan fingerprint density at radius 3 is 2.52 bits per heavy atom. The number of amides is 1. The summed E-state index contributed by atoms with van der Waals surface area (Å²) in [7, 11) is 0. The minimum absolute atomic E-state index is 0.0494. The number of phenols is 1. The van der Waals surface area contributed by atoms with Crippen LogP contribution in [0.25, 0.3) is 0 Å². The normalized spacial score (nSPS) is 10.1. The summed E-state index contributed by atoms with van der Waals surface area (Å²) < 4.78 is 0. The minimum atomic E-state index is -1.35. The van der Waals surface area contributed by atoms with Crippen LogP contribution in [-0.4, -0.2) is 32.0 Å². The van der Waals surface area contributed by atoms with E-state index in [-0.39, 0.29) is 22.8 Å². The topological polar surface area (TPSA) is 146 Å². The molecule has 0 aliphatic heterocycles. The molecule has 108 valence electrons. The number of nitro groups is 1. The third-order valence-corrected chi connectivity index (χ3v) is 2.60. The number of nitrogens with zero attached hydrogens (tertiary/aromatic N) is 1. The average molecular weight is 291 g/mol. The maximum Gasteiger partial charge on any atom is 0.339 e. The monoisotopic (exact) mass is 291 g/mol. The smallest absolute Gasteiger partial charge is 0.339 e. The number of hydrogen-bond acceptors (Lipinski definition) is 5. The first-order valence-corrected chi connectivity index (χ1v) is 5.59. The van der Waals surface area contributed by atoms with Gasteiger partial charge in [-0.2, -0.15) is 0 Å². The van der Waals surface area contributed by atoms with Crippen molar-refractivity contribution in [3.8, 4) is 5.75 Å². The molecule has 0 saturated carbocycles. The largest absolute Gasteiger partial charge is 0.507 e. The summed E-state index contributed by atoms with van der Waals surface area (Å²) in [5, 5.41) is 31.1. The van der Waals surface area contributed by atoms with Crippen LogP contribution in [0.3, 0.4) is 0 Å². The number of aromatic carboxylic acids is 1. The second-order valence-corrected chi connectivity index (χ2v) is 4.01. The summed E-state index contributed by atoms with van der Waals surface area (Å²) in [6, 6.07) is 5.86. The molecule has 9 nitrogen and oxygen atoms in total. The highest BCUT2D eigenvalue weighted by Gasteiger charge is 2.17. The lowest BCUT2D eigenvalue weighted by atomic mass is 10.2. The van der Waals surface area contributed by atoms with E-state index in [4.69, 9.17) is 5.11 Å². The Kier molecular flexibility index (Phi) is 3.57. The van der Waals surface area contributed by atoms with Gasteiger partial charge in [-0.05, 0) is 29.2 Å². The highest BCUT2D eigenvalue weighted by atomic mass is 16.6. The van der Waals surface area contributed by atoms with E-state index >= 15 is 0 Å². The van der Waals surface area contributed by atoms with Gasteiger partial charge in [-0.15, -0.1) is 0 Å². The molecule has 0 radical (unpaired) electrons. The molecule has 0 spiro atoms. The molecule has 1 aromatic heterocycles. The molecule has 0 bridgehead atoms. The maximum atomic E-state index is 11.8. The zero-order chi connectivity index (χ0) is 15.6. The molecule has 0 saturated heterocycles. The van der Waals surface area contributed by atoms with Crippen LogP contribution >= 0.6 is 0 Å². The number of rotatable bonds is 4. The van der Waals surface area contributed by atoms with Gasteiger partial charge in [0, 0.05) is 11.8 Å². The molecule has 2 aromatic rings. The quantitative estimate of drug-likeness (QED) is 0.382. The molecule has 1 aromatic carbocycles. The molecule has 1 amide bonds. The third-order valence-electron chi connectivity index (χ3n) is 2.60.